The van der Waals surface area contributed by atoms with Crippen LogP contribution in [0.4, 0.5) is 0 Å². The molecule has 1 saturated heterocycles. The summed E-state index contributed by atoms with van der Waals surface area (Å²) in [4.78, 5) is 4.11. The van der Waals surface area contributed by atoms with Crippen molar-refractivity contribution in [3.8, 4) is 5.88 Å². The summed E-state index contributed by atoms with van der Waals surface area (Å²) in [6, 6.07) is 4.01. The SMILES string of the molecule is CC(Oc1ncccc1Cl)[C@H]1CCCN1. The van der Waals surface area contributed by atoms with Crippen LogP contribution in [0, 0.1) is 0 Å². The quantitative estimate of drug-likeness (QED) is 0.859. The third-order valence-corrected chi connectivity index (χ3v) is 2.97. The van der Waals surface area contributed by atoms with Gasteiger partial charge in [0.15, 0.2) is 0 Å². The Morgan fingerprint density at radius 1 is 1.67 bits per heavy atom. The second-order valence-electron chi connectivity index (χ2n) is 3.82. The van der Waals surface area contributed by atoms with E-state index < -0.39 is 0 Å². The Hall–Kier alpha value is -0.800. The molecule has 1 aliphatic rings. The summed E-state index contributed by atoms with van der Waals surface area (Å²) in [6.45, 7) is 3.13. The summed E-state index contributed by atoms with van der Waals surface area (Å²) in [7, 11) is 0. The predicted molar refractivity (Wildman–Crippen MR) is 60.4 cm³/mol. The van der Waals surface area contributed by atoms with Crippen LogP contribution >= 0.6 is 11.6 Å². The Bertz CT molecular complexity index is 326. The molecule has 15 heavy (non-hydrogen) atoms. The smallest absolute Gasteiger partial charge is 0.232 e. The molecule has 2 atom stereocenters. The lowest BCUT2D eigenvalue weighted by Crippen LogP contribution is -2.36. The van der Waals surface area contributed by atoms with E-state index >= 15 is 0 Å². The number of halogens is 1. The summed E-state index contributed by atoms with van der Waals surface area (Å²) in [5.41, 5.74) is 0. The Balaban J connectivity index is 1.99. The Morgan fingerprint density at radius 2 is 2.53 bits per heavy atom. The van der Waals surface area contributed by atoms with Crippen LogP contribution in [0.1, 0.15) is 19.8 Å². The number of hydrogen-bond acceptors (Lipinski definition) is 3. The summed E-state index contributed by atoms with van der Waals surface area (Å²) >= 11 is 5.97. The lowest BCUT2D eigenvalue weighted by Gasteiger charge is -2.20. The summed E-state index contributed by atoms with van der Waals surface area (Å²) in [6.07, 6.45) is 4.18. The van der Waals surface area contributed by atoms with Gasteiger partial charge in [-0.3, -0.25) is 0 Å². The zero-order valence-corrected chi connectivity index (χ0v) is 9.50. The number of rotatable bonds is 3. The third kappa shape index (κ3) is 2.61. The first-order valence-electron chi connectivity index (χ1n) is 5.28. The third-order valence-electron chi connectivity index (χ3n) is 2.69. The minimum atomic E-state index is 0.111. The van der Waals surface area contributed by atoms with E-state index in [1.807, 2.05) is 6.92 Å². The topological polar surface area (TPSA) is 34.1 Å². The molecule has 1 fully saturated rings. The van der Waals surface area contributed by atoms with Crippen LogP contribution in [0.3, 0.4) is 0 Å². The molecule has 4 heteroatoms. The second-order valence-corrected chi connectivity index (χ2v) is 4.22. The first kappa shape index (κ1) is 10.7. The molecule has 0 amide bonds. The van der Waals surface area contributed by atoms with Crippen molar-refractivity contribution in [3.05, 3.63) is 23.4 Å². The predicted octanol–water partition coefficient (Wildman–Crippen LogP) is 2.25. The van der Waals surface area contributed by atoms with Crippen molar-refractivity contribution < 1.29 is 4.74 Å². The van der Waals surface area contributed by atoms with Crippen molar-refractivity contribution in [2.75, 3.05) is 6.54 Å². The average molecular weight is 227 g/mol. The lowest BCUT2D eigenvalue weighted by molar-refractivity contribution is 0.173. The molecule has 3 nitrogen and oxygen atoms in total. The van der Waals surface area contributed by atoms with E-state index in [0.29, 0.717) is 16.9 Å². The molecular weight excluding hydrogens is 212 g/mol. The van der Waals surface area contributed by atoms with Gasteiger partial charge in [-0.1, -0.05) is 11.6 Å². The molecule has 2 rings (SSSR count). The Labute approximate surface area is 94.8 Å². The van der Waals surface area contributed by atoms with Gasteiger partial charge in [0.2, 0.25) is 5.88 Å². The molecule has 1 N–H and O–H groups in total. The maximum Gasteiger partial charge on any atom is 0.232 e. The van der Waals surface area contributed by atoms with E-state index in [2.05, 4.69) is 10.3 Å². The molecule has 82 valence electrons. The average Bonchev–Trinajstić information content (AvgIpc) is 2.74. The maximum atomic E-state index is 5.97. The number of ether oxygens (including phenoxy) is 1. The van der Waals surface area contributed by atoms with Crippen LogP contribution in [0.15, 0.2) is 18.3 Å². The fourth-order valence-electron chi connectivity index (χ4n) is 1.83. The van der Waals surface area contributed by atoms with Crippen LogP contribution in [-0.4, -0.2) is 23.7 Å². The number of pyridine rings is 1. The van der Waals surface area contributed by atoms with E-state index in [1.54, 1.807) is 18.3 Å². The fraction of sp³-hybridized carbons (Fsp3) is 0.545. The van der Waals surface area contributed by atoms with Gasteiger partial charge in [-0.2, -0.15) is 0 Å². The van der Waals surface area contributed by atoms with E-state index in [9.17, 15) is 0 Å². The Morgan fingerprint density at radius 3 is 3.20 bits per heavy atom. The van der Waals surface area contributed by atoms with Crippen molar-refractivity contribution in [2.24, 2.45) is 0 Å². The van der Waals surface area contributed by atoms with Crippen molar-refractivity contribution in [1.82, 2.24) is 10.3 Å². The second kappa shape index (κ2) is 4.81. The number of hydrogen-bond donors (Lipinski definition) is 1. The molecule has 0 bridgehead atoms. The van der Waals surface area contributed by atoms with Crippen LogP contribution in [-0.2, 0) is 0 Å². The molecule has 0 radical (unpaired) electrons. The summed E-state index contributed by atoms with van der Waals surface area (Å²) < 4.78 is 5.72. The molecule has 0 spiro atoms. The first-order chi connectivity index (χ1) is 7.27. The van der Waals surface area contributed by atoms with Crippen molar-refractivity contribution in [1.29, 1.82) is 0 Å². The van der Waals surface area contributed by atoms with Gasteiger partial charge in [0, 0.05) is 12.2 Å². The molecule has 1 aliphatic heterocycles. The zero-order chi connectivity index (χ0) is 10.7. The van der Waals surface area contributed by atoms with Gasteiger partial charge >= 0.3 is 0 Å². The molecule has 0 saturated carbocycles. The van der Waals surface area contributed by atoms with Crippen LogP contribution in [0.25, 0.3) is 0 Å². The van der Waals surface area contributed by atoms with Gasteiger partial charge in [0.1, 0.15) is 11.1 Å². The van der Waals surface area contributed by atoms with Gasteiger partial charge in [-0.15, -0.1) is 0 Å². The normalized spacial score (nSPS) is 22.7. The molecule has 1 unspecified atom stereocenters. The molecule has 0 aromatic carbocycles. The maximum absolute atomic E-state index is 5.97. The molecule has 2 heterocycles. The monoisotopic (exact) mass is 226 g/mol. The highest BCUT2D eigenvalue weighted by atomic mass is 35.5. The largest absolute Gasteiger partial charge is 0.472 e. The van der Waals surface area contributed by atoms with Crippen molar-refractivity contribution >= 4 is 11.6 Å². The van der Waals surface area contributed by atoms with E-state index in [1.165, 1.54) is 6.42 Å². The van der Waals surface area contributed by atoms with Crippen LogP contribution < -0.4 is 10.1 Å². The summed E-state index contributed by atoms with van der Waals surface area (Å²) in [5.74, 6) is 0.528. The van der Waals surface area contributed by atoms with Gasteiger partial charge < -0.3 is 10.1 Å². The molecular formula is C11H15ClN2O. The van der Waals surface area contributed by atoms with E-state index in [4.69, 9.17) is 16.3 Å². The van der Waals surface area contributed by atoms with Crippen LogP contribution in [0.2, 0.25) is 5.02 Å². The number of nitrogens with zero attached hydrogens (tertiary/aromatic N) is 1. The van der Waals surface area contributed by atoms with E-state index in [-0.39, 0.29) is 6.10 Å². The van der Waals surface area contributed by atoms with Gasteiger partial charge in [0.25, 0.3) is 0 Å². The number of aromatic nitrogens is 1. The molecule has 1 aromatic heterocycles. The minimum Gasteiger partial charge on any atom is -0.472 e. The molecule has 0 aliphatic carbocycles. The molecule has 1 aromatic rings. The first-order valence-corrected chi connectivity index (χ1v) is 5.66. The lowest BCUT2D eigenvalue weighted by atomic mass is 10.1. The minimum absolute atomic E-state index is 0.111. The fourth-order valence-corrected chi connectivity index (χ4v) is 1.99. The van der Waals surface area contributed by atoms with Crippen molar-refractivity contribution in [3.63, 3.8) is 0 Å². The standard InChI is InChI=1S/C11H15ClN2O/c1-8(10-5-3-6-13-10)15-11-9(12)4-2-7-14-11/h2,4,7-8,10,13H,3,5-6H2,1H3/t8?,10-/m1/s1. The Kier molecular flexibility index (Phi) is 3.44. The van der Waals surface area contributed by atoms with Crippen LogP contribution in [0.5, 0.6) is 5.88 Å². The van der Waals surface area contributed by atoms with E-state index in [0.717, 1.165) is 13.0 Å². The van der Waals surface area contributed by atoms with Gasteiger partial charge in [-0.05, 0) is 38.4 Å². The summed E-state index contributed by atoms with van der Waals surface area (Å²) in [5, 5.41) is 3.97. The zero-order valence-electron chi connectivity index (χ0n) is 8.74. The van der Waals surface area contributed by atoms with Gasteiger partial charge in [0.05, 0.1) is 0 Å². The van der Waals surface area contributed by atoms with Crippen molar-refractivity contribution in [2.45, 2.75) is 31.9 Å². The number of nitrogens with one attached hydrogen (secondary N) is 1. The highest BCUT2D eigenvalue weighted by molar-refractivity contribution is 6.31. The highest BCUT2D eigenvalue weighted by Crippen LogP contribution is 2.23. The van der Waals surface area contributed by atoms with Gasteiger partial charge in [-0.25, -0.2) is 4.98 Å². The highest BCUT2D eigenvalue weighted by Gasteiger charge is 2.23.